The Kier molecular flexibility index (Phi) is 3.92. The summed E-state index contributed by atoms with van der Waals surface area (Å²) in [4.78, 5) is 18.3. The molecule has 2 fully saturated rings. The third kappa shape index (κ3) is 2.75. The second-order valence-corrected chi connectivity index (χ2v) is 7.06. The van der Waals surface area contributed by atoms with E-state index in [1.54, 1.807) is 7.11 Å². The minimum absolute atomic E-state index is 0.144. The highest BCUT2D eigenvalue weighted by molar-refractivity contribution is 5.96. The van der Waals surface area contributed by atoms with Gasteiger partial charge in [0.05, 0.1) is 18.4 Å². The van der Waals surface area contributed by atoms with Crippen LogP contribution in [-0.4, -0.2) is 52.4 Å². The van der Waals surface area contributed by atoms with E-state index in [4.69, 9.17) is 4.74 Å². The predicted octanol–water partition coefficient (Wildman–Crippen LogP) is 2.13. The first-order valence-corrected chi connectivity index (χ1v) is 8.61. The molecule has 2 aromatic rings. The highest BCUT2D eigenvalue weighted by Crippen LogP contribution is 2.41. The molecular formula is C18H24N4O2. The first-order valence-electron chi connectivity index (χ1n) is 8.61. The molecule has 24 heavy (non-hydrogen) atoms. The van der Waals surface area contributed by atoms with Crippen LogP contribution in [0.4, 0.5) is 0 Å². The van der Waals surface area contributed by atoms with Crippen LogP contribution >= 0.6 is 0 Å². The van der Waals surface area contributed by atoms with Crippen molar-refractivity contribution in [2.75, 3.05) is 26.8 Å². The standard InChI is InChI=1S/C18H24N4O2/c1-21-8-13(7-20-21)16-10-22(9-14(16)11-24-2)18(23)15-5-6-19-17(15)12-3-4-12/h5-8,12,14,16,19H,3-4,9-11H2,1-2H3/t14-,16-/m0/s1. The SMILES string of the molecule is COC[C@@H]1CN(C(=O)c2cc[nH]c2C2CC2)C[C@H]1c1cnn(C)c1. The summed E-state index contributed by atoms with van der Waals surface area (Å²) < 4.78 is 7.22. The number of aryl methyl sites for hydroxylation is 1. The second-order valence-electron chi connectivity index (χ2n) is 7.06. The maximum atomic E-state index is 13.0. The molecule has 2 aromatic heterocycles. The molecule has 1 N–H and O–H groups in total. The number of carbonyl (C=O) groups excluding carboxylic acids is 1. The van der Waals surface area contributed by atoms with Crippen molar-refractivity contribution < 1.29 is 9.53 Å². The third-order valence-electron chi connectivity index (χ3n) is 5.26. The number of hydrogen-bond acceptors (Lipinski definition) is 3. The summed E-state index contributed by atoms with van der Waals surface area (Å²) in [6.07, 6.45) is 8.22. The molecule has 1 saturated heterocycles. The molecular weight excluding hydrogens is 304 g/mol. The average molecular weight is 328 g/mol. The van der Waals surface area contributed by atoms with Gasteiger partial charge in [-0.1, -0.05) is 0 Å². The van der Waals surface area contributed by atoms with Crippen molar-refractivity contribution in [3.8, 4) is 0 Å². The van der Waals surface area contributed by atoms with Gasteiger partial charge in [0.15, 0.2) is 0 Å². The van der Waals surface area contributed by atoms with Crippen LogP contribution in [0.1, 0.15) is 46.3 Å². The lowest BCUT2D eigenvalue weighted by molar-refractivity contribution is 0.0774. The highest BCUT2D eigenvalue weighted by atomic mass is 16.5. The van der Waals surface area contributed by atoms with Gasteiger partial charge in [0.2, 0.25) is 0 Å². The number of rotatable bonds is 5. The summed E-state index contributed by atoms with van der Waals surface area (Å²) in [5.41, 5.74) is 3.15. The first-order chi connectivity index (χ1) is 11.7. The van der Waals surface area contributed by atoms with Crippen LogP contribution in [0.5, 0.6) is 0 Å². The maximum Gasteiger partial charge on any atom is 0.255 e. The molecule has 6 nitrogen and oxygen atoms in total. The van der Waals surface area contributed by atoms with Crippen molar-refractivity contribution in [3.63, 3.8) is 0 Å². The fourth-order valence-electron chi connectivity index (χ4n) is 3.88. The van der Waals surface area contributed by atoms with Gasteiger partial charge >= 0.3 is 0 Å². The number of H-pyrrole nitrogens is 1. The Morgan fingerprint density at radius 2 is 2.25 bits per heavy atom. The fourth-order valence-corrected chi connectivity index (χ4v) is 3.88. The van der Waals surface area contributed by atoms with E-state index in [0.717, 1.165) is 24.3 Å². The predicted molar refractivity (Wildman–Crippen MR) is 90.0 cm³/mol. The van der Waals surface area contributed by atoms with Crippen LogP contribution < -0.4 is 0 Å². The zero-order valence-electron chi connectivity index (χ0n) is 14.2. The first kappa shape index (κ1) is 15.4. The molecule has 4 rings (SSSR count). The van der Waals surface area contributed by atoms with E-state index < -0.39 is 0 Å². The molecule has 1 saturated carbocycles. The van der Waals surface area contributed by atoms with Gasteiger partial charge in [0.25, 0.3) is 5.91 Å². The number of likely N-dealkylation sites (tertiary alicyclic amines) is 1. The Balaban J connectivity index is 1.55. The number of aromatic amines is 1. The number of ether oxygens (including phenoxy) is 1. The molecule has 0 aromatic carbocycles. The molecule has 6 heteroatoms. The van der Waals surface area contributed by atoms with E-state index in [1.807, 2.05) is 41.3 Å². The molecule has 2 atom stereocenters. The van der Waals surface area contributed by atoms with Crippen molar-refractivity contribution in [2.45, 2.75) is 24.7 Å². The molecule has 1 aliphatic heterocycles. The van der Waals surface area contributed by atoms with E-state index in [9.17, 15) is 4.79 Å². The monoisotopic (exact) mass is 328 g/mol. The molecule has 3 heterocycles. The van der Waals surface area contributed by atoms with Crippen LogP contribution in [0.3, 0.4) is 0 Å². The quantitative estimate of drug-likeness (QED) is 0.914. The number of hydrogen-bond donors (Lipinski definition) is 1. The fraction of sp³-hybridized carbons (Fsp3) is 0.556. The van der Waals surface area contributed by atoms with Crippen molar-refractivity contribution >= 4 is 5.91 Å². The van der Waals surface area contributed by atoms with E-state index in [1.165, 1.54) is 18.4 Å². The lowest BCUT2D eigenvalue weighted by atomic mass is 9.92. The number of nitrogens with zero attached hydrogens (tertiary/aromatic N) is 3. The van der Waals surface area contributed by atoms with Crippen LogP contribution in [0.15, 0.2) is 24.7 Å². The second kappa shape index (κ2) is 6.09. The smallest absolute Gasteiger partial charge is 0.255 e. The summed E-state index contributed by atoms with van der Waals surface area (Å²) in [6, 6.07) is 1.93. The van der Waals surface area contributed by atoms with E-state index in [0.29, 0.717) is 18.4 Å². The largest absolute Gasteiger partial charge is 0.384 e. The average Bonchev–Trinajstić information content (AvgIpc) is 2.99. The molecule has 128 valence electrons. The van der Waals surface area contributed by atoms with Gasteiger partial charge in [-0.05, 0) is 30.4 Å². The van der Waals surface area contributed by atoms with Crippen LogP contribution in [0.2, 0.25) is 0 Å². The van der Waals surface area contributed by atoms with Gasteiger partial charge in [-0.25, -0.2) is 0 Å². The van der Waals surface area contributed by atoms with Gasteiger partial charge in [0.1, 0.15) is 0 Å². The number of carbonyl (C=O) groups is 1. The molecule has 0 unspecified atom stereocenters. The molecule has 1 aliphatic carbocycles. The van der Waals surface area contributed by atoms with Crippen molar-refractivity contribution in [1.29, 1.82) is 0 Å². The zero-order valence-corrected chi connectivity index (χ0v) is 14.2. The van der Waals surface area contributed by atoms with Gasteiger partial charge in [-0.2, -0.15) is 5.10 Å². The lowest BCUT2D eigenvalue weighted by Gasteiger charge is -2.16. The molecule has 0 radical (unpaired) electrons. The molecule has 0 bridgehead atoms. The maximum absolute atomic E-state index is 13.0. The minimum Gasteiger partial charge on any atom is -0.384 e. The number of methoxy groups -OCH3 is 1. The summed E-state index contributed by atoms with van der Waals surface area (Å²) in [6.45, 7) is 2.13. The van der Waals surface area contributed by atoms with Gasteiger partial charge in [0, 0.05) is 57.2 Å². The topological polar surface area (TPSA) is 63.1 Å². The number of nitrogens with one attached hydrogen (secondary N) is 1. The normalized spacial score (nSPS) is 23.8. The summed E-state index contributed by atoms with van der Waals surface area (Å²) >= 11 is 0. The molecule has 2 aliphatic rings. The summed E-state index contributed by atoms with van der Waals surface area (Å²) in [5, 5.41) is 4.29. The third-order valence-corrected chi connectivity index (χ3v) is 5.26. The van der Waals surface area contributed by atoms with Crippen molar-refractivity contribution in [3.05, 3.63) is 41.5 Å². The van der Waals surface area contributed by atoms with E-state index >= 15 is 0 Å². The van der Waals surface area contributed by atoms with E-state index in [2.05, 4.69) is 10.1 Å². The van der Waals surface area contributed by atoms with Crippen LogP contribution in [-0.2, 0) is 11.8 Å². The Morgan fingerprint density at radius 3 is 2.92 bits per heavy atom. The van der Waals surface area contributed by atoms with Crippen molar-refractivity contribution in [2.24, 2.45) is 13.0 Å². The van der Waals surface area contributed by atoms with Gasteiger partial charge < -0.3 is 14.6 Å². The van der Waals surface area contributed by atoms with Gasteiger partial charge in [-0.3, -0.25) is 9.48 Å². The summed E-state index contributed by atoms with van der Waals surface area (Å²) in [5.74, 6) is 1.29. The Morgan fingerprint density at radius 1 is 1.42 bits per heavy atom. The molecule has 1 amide bonds. The number of amides is 1. The van der Waals surface area contributed by atoms with Crippen LogP contribution in [0.25, 0.3) is 0 Å². The van der Waals surface area contributed by atoms with Crippen molar-refractivity contribution in [1.82, 2.24) is 19.7 Å². The Labute approximate surface area is 141 Å². The molecule has 0 spiro atoms. The minimum atomic E-state index is 0.144. The Bertz CT molecular complexity index is 731. The number of aromatic nitrogens is 3. The van der Waals surface area contributed by atoms with Gasteiger partial charge in [-0.15, -0.1) is 0 Å². The zero-order chi connectivity index (χ0) is 16.7. The highest BCUT2D eigenvalue weighted by Gasteiger charge is 2.38. The van der Waals surface area contributed by atoms with Crippen LogP contribution in [0, 0.1) is 5.92 Å². The summed E-state index contributed by atoms with van der Waals surface area (Å²) in [7, 11) is 3.65. The van der Waals surface area contributed by atoms with E-state index in [-0.39, 0.29) is 11.8 Å². The Hall–Kier alpha value is -2.08. The lowest BCUT2D eigenvalue weighted by Crippen LogP contribution is -2.29.